The van der Waals surface area contributed by atoms with Crippen molar-refractivity contribution in [1.82, 2.24) is 10.2 Å². The molecule has 28 heavy (non-hydrogen) atoms. The fraction of sp³-hybridized carbons (Fsp3) is 0.500. The molecule has 8 nitrogen and oxygen atoms in total. The number of hydrogen-bond donors (Lipinski definition) is 2. The third-order valence-corrected chi connectivity index (χ3v) is 6.25. The maximum absolute atomic E-state index is 13.1. The number of hydrogen-bond acceptors (Lipinski definition) is 4. The molecular formula is C20H23N3O5. The molecule has 1 aromatic carbocycles. The van der Waals surface area contributed by atoms with E-state index in [1.807, 2.05) is 0 Å². The van der Waals surface area contributed by atoms with Gasteiger partial charge in [-0.1, -0.05) is 12.1 Å². The van der Waals surface area contributed by atoms with Gasteiger partial charge in [0.25, 0.3) is 5.91 Å². The van der Waals surface area contributed by atoms with E-state index < -0.39 is 23.1 Å². The van der Waals surface area contributed by atoms with Gasteiger partial charge in [-0.2, -0.15) is 0 Å². The van der Waals surface area contributed by atoms with Crippen molar-refractivity contribution in [2.24, 2.45) is 0 Å². The number of carbonyl (C=O) groups is 4. The molecule has 0 radical (unpaired) electrons. The Balaban J connectivity index is 1.61. The summed E-state index contributed by atoms with van der Waals surface area (Å²) in [5.41, 5.74) is -0.659. The van der Waals surface area contributed by atoms with Crippen LogP contribution in [0.2, 0.25) is 0 Å². The van der Waals surface area contributed by atoms with Gasteiger partial charge in [0.05, 0.1) is 23.2 Å². The first kappa shape index (κ1) is 18.5. The summed E-state index contributed by atoms with van der Waals surface area (Å²) < 4.78 is 0. The Bertz CT molecular complexity index is 878. The number of anilines is 1. The quantitative estimate of drug-likeness (QED) is 0.799. The molecule has 2 N–H and O–H groups in total. The zero-order valence-electron chi connectivity index (χ0n) is 15.7. The van der Waals surface area contributed by atoms with E-state index in [-0.39, 0.29) is 24.8 Å². The van der Waals surface area contributed by atoms with Gasteiger partial charge in [0.2, 0.25) is 11.8 Å². The van der Waals surface area contributed by atoms with E-state index in [0.29, 0.717) is 36.9 Å². The zero-order chi connectivity index (χ0) is 20.1. The minimum Gasteiger partial charge on any atom is -0.481 e. The summed E-state index contributed by atoms with van der Waals surface area (Å²) in [4.78, 5) is 52.7. The number of nitrogens with one attached hydrogen (secondary N) is 1. The third kappa shape index (κ3) is 2.75. The number of rotatable bonds is 5. The van der Waals surface area contributed by atoms with Crippen LogP contribution in [0.3, 0.4) is 0 Å². The maximum Gasteiger partial charge on any atom is 0.305 e. The normalized spacial score (nSPS) is 25.0. The number of amides is 3. The van der Waals surface area contributed by atoms with Crippen molar-refractivity contribution in [2.45, 2.75) is 56.7 Å². The van der Waals surface area contributed by atoms with Gasteiger partial charge in [0.1, 0.15) is 12.2 Å². The van der Waals surface area contributed by atoms with Gasteiger partial charge in [-0.3, -0.25) is 24.1 Å². The third-order valence-electron chi connectivity index (χ3n) is 6.25. The highest BCUT2D eigenvalue weighted by Gasteiger charge is 2.53. The highest BCUT2D eigenvalue weighted by molar-refractivity contribution is 6.11. The van der Waals surface area contributed by atoms with Gasteiger partial charge in [-0.05, 0) is 44.7 Å². The Hall–Kier alpha value is -2.90. The minimum atomic E-state index is -0.956. The van der Waals surface area contributed by atoms with Crippen molar-refractivity contribution in [1.29, 1.82) is 0 Å². The van der Waals surface area contributed by atoms with Crippen LogP contribution >= 0.6 is 0 Å². The second kappa shape index (κ2) is 6.32. The highest BCUT2D eigenvalue weighted by Crippen LogP contribution is 2.44. The largest absolute Gasteiger partial charge is 0.481 e. The lowest BCUT2D eigenvalue weighted by atomic mass is 9.74. The number of para-hydroxylation sites is 1. The molecule has 1 saturated carbocycles. The van der Waals surface area contributed by atoms with Gasteiger partial charge in [-0.15, -0.1) is 0 Å². The molecule has 3 aliphatic rings. The Kier molecular flexibility index (Phi) is 4.17. The monoisotopic (exact) mass is 385 g/mol. The van der Waals surface area contributed by atoms with Crippen LogP contribution in [0, 0.1) is 0 Å². The van der Waals surface area contributed by atoms with Crippen molar-refractivity contribution >= 4 is 29.4 Å². The molecule has 0 spiro atoms. The molecule has 1 saturated heterocycles. The van der Waals surface area contributed by atoms with E-state index in [4.69, 9.17) is 5.11 Å². The van der Waals surface area contributed by atoms with Gasteiger partial charge < -0.3 is 15.3 Å². The zero-order valence-corrected chi connectivity index (χ0v) is 15.7. The molecule has 3 amide bonds. The smallest absolute Gasteiger partial charge is 0.305 e. The van der Waals surface area contributed by atoms with Crippen molar-refractivity contribution in [2.75, 3.05) is 11.4 Å². The van der Waals surface area contributed by atoms with Gasteiger partial charge in [-0.25, -0.2) is 0 Å². The van der Waals surface area contributed by atoms with Gasteiger partial charge in [0, 0.05) is 6.42 Å². The van der Waals surface area contributed by atoms with Crippen LogP contribution in [0.15, 0.2) is 24.3 Å². The molecule has 1 aliphatic carbocycles. The molecule has 148 valence electrons. The maximum atomic E-state index is 13.1. The van der Waals surface area contributed by atoms with E-state index in [9.17, 15) is 19.2 Å². The number of benzene rings is 1. The lowest BCUT2D eigenvalue weighted by Crippen LogP contribution is -2.65. The minimum absolute atomic E-state index is 0.0748. The lowest BCUT2D eigenvalue weighted by Gasteiger charge is -2.49. The van der Waals surface area contributed by atoms with Crippen LogP contribution in [-0.2, 0) is 14.4 Å². The summed E-state index contributed by atoms with van der Waals surface area (Å²) in [6.07, 6.45) is 2.72. The standard InChI is InChI=1S/C20H23N3O5/c1-19-10-7-16(25)23(19)14-6-3-2-5-13(14)18(28)22(19)12-15(24)21-20(8-4-9-20)11-17(26)27/h2-3,5-6H,4,7-12H2,1H3,(H,21,24)(H,26,27). The molecule has 0 bridgehead atoms. The predicted molar refractivity (Wildman–Crippen MR) is 99.6 cm³/mol. The van der Waals surface area contributed by atoms with Crippen molar-refractivity contribution in [3.05, 3.63) is 29.8 Å². The van der Waals surface area contributed by atoms with Crippen LogP contribution in [0.5, 0.6) is 0 Å². The lowest BCUT2D eigenvalue weighted by molar-refractivity contribution is -0.140. The van der Waals surface area contributed by atoms with Gasteiger partial charge >= 0.3 is 5.97 Å². The summed E-state index contributed by atoms with van der Waals surface area (Å²) in [5.74, 6) is -1.72. The average molecular weight is 385 g/mol. The summed E-state index contributed by atoms with van der Waals surface area (Å²) >= 11 is 0. The molecule has 2 fully saturated rings. The molecule has 0 aromatic heterocycles. The van der Waals surface area contributed by atoms with E-state index in [1.54, 1.807) is 36.1 Å². The summed E-state index contributed by atoms with van der Waals surface area (Å²) in [6, 6.07) is 6.93. The van der Waals surface area contributed by atoms with Crippen molar-refractivity contribution in [3.63, 3.8) is 0 Å². The van der Waals surface area contributed by atoms with Crippen molar-refractivity contribution < 1.29 is 24.3 Å². The van der Waals surface area contributed by atoms with E-state index in [1.165, 1.54) is 4.90 Å². The van der Waals surface area contributed by atoms with Crippen LogP contribution in [0.1, 0.15) is 55.8 Å². The second-order valence-electron chi connectivity index (χ2n) is 8.11. The van der Waals surface area contributed by atoms with Crippen LogP contribution in [0.25, 0.3) is 0 Å². The summed E-state index contributed by atoms with van der Waals surface area (Å²) in [5, 5.41) is 12.0. The van der Waals surface area contributed by atoms with E-state index in [2.05, 4.69) is 5.32 Å². The first-order chi connectivity index (χ1) is 13.3. The molecule has 4 rings (SSSR count). The molecule has 1 atom stereocenters. The summed E-state index contributed by atoms with van der Waals surface area (Å²) in [6.45, 7) is 1.59. The highest BCUT2D eigenvalue weighted by atomic mass is 16.4. The first-order valence-electron chi connectivity index (χ1n) is 9.53. The fourth-order valence-electron chi connectivity index (χ4n) is 4.66. The topological polar surface area (TPSA) is 107 Å². The second-order valence-corrected chi connectivity index (χ2v) is 8.11. The number of carbonyl (C=O) groups excluding carboxylic acids is 3. The predicted octanol–water partition coefficient (Wildman–Crippen LogP) is 1.50. The summed E-state index contributed by atoms with van der Waals surface area (Å²) in [7, 11) is 0. The average Bonchev–Trinajstić information content (AvgIpc) is 2.92. The van der Waals surface area contributed by atoms with Crippen LogP contribution in [0.4, 0.5) is 5.69 Å². The molecule has 2 heterocycles. The van der Waals surface area contributed by atoms with E-state index >= 15 is 0 Å². The SMILES string of the molecule is CC12CCC(=O)N1c1ccccc1C(=O)N2CC(=O)NC1(CC(=O)O)CCC1. The Morgan fingerprint density at radius 3 is 2.54 bits per heavy atom. The Morgan fingerprint density at radius 2 is 1.89 bits per heavy atom. The molecular weight excluding hydrogens is 362 g/mol. The number of carboxylic acids is 1. The number of nitrogens with zero attached hydrogens (tertiary/aromatic N) is 2. The molecule has 2 aliphatic heterocycles. The Morgan fingerprint density at radius 1 is 1.18 bits per heavy atom. The molecule has 1 aromatic rings. The Labute approximate surface area is 162 Å². The van der Waals surface area contributed by atoms with Crippen molar-refractivity contribution in [3.8, 4) is 0 Å². The number of carboxylic acid groups (broad SMARTS) is 1. The molecule has 8 heteroatoms. The number of aliphatic carboxylic acids is 1. The van der Waals surface area contributed by atoms with Gasteiger partial charge in [0.15, 0.2) is 0 Å². The molecule has 1 unspecified atom stereocenters. The number of fused-ring (bicyclic) bond motifs is 3. The fourth-order valence-corrected chi connectivity index (χ4v) is 4.66. The van der Waals surface area contributed by atoms with Crippen LogP contribution in [-0.4, -0.2) is 51.4 Å². The van der Waals surface area contributed by atoms with E-state index in [0.717, 1.165) is 6.42 Å². The first-order valence-corrected chi connectivity index (χ1v) is 9.53. The van der Waals surface area contributed by atoms with Crippen LogP contribution < -0.4 is 10.2 Å².